The van der Waals surface area contributed by atoms with E-state index in [1.54, 1.807) is 30.5 Å². The number of anilines is 1. The van der Waals surface area contributed by atoms with Gasteiger partial charge in [0.15, 0.2) is 5.69 Å². The second-order valence-corrected chi connectivity index (χ2v) is 6.86. The Hall–Kier alpha value is -2.19. The Balaban J connectivity index is 2.16. The van der Waals surface area contributed by atoms with Crippen molar-refractivity contribution in [1.82, 2.24) is 9.78 Å². The summed E-state index contributed by atoms with van der Waals surface area (Å²) in [5, 5.41) is 5.49. The second-order valence-electron chi connectivity index (χ2n) is 5.85. The van der Waals surface area contributed by atoms with Gasteiger partial charge in [-0.25, -0.2) is 4.68 Å². The molecule has 1 fully saturated rings. The van der Waals surface area contributed by atoms with Gasteiger partial charge in [-0.15, -0.1) is 0 Å². The maximum absolute atomic E-state index is 13.4. The predicted molar refractivity (Wildman–Crippen MR) is 103 cm³/mol. The number of morpholine rings is 1. The van der Waals surface area contributed by atoms with Crippen LogP contribution >= 0.6 is 11.8 Å². The number of ether oxygens (including phenoxy) is 1. The van der Waals surface area contributed by atoms with Gasteiger partial charge in [0, 0.05) is 18.0 Å². The minimum absolute atomic E-state index is 0.385. The van der Waals surface area contributed by atoms with Crippen LogP contribution in [0.1, 0.15) is 18.3 Å². The molecule has 4 nitrogen and oxygen atoms in total. The van der Waals surface area contributed by atoms with Gasteiger partial charge in [-0.3, -0.25) is 0 Å². The Labute approximate surface area is 160 Å². The van der Waals surface area contributed by atoms with Crippen LogP contribution in [0, 0.1) is 0 Å². The predicted octanol–water partition coefficient (Wildman–Crippen LogP) is 4.97. The Bertz CT molecular complexity index is 839. The zero-order chi connectivity index (χ0) is 19.4. The van der Waals surface area contributed by atoms with E-state index in [9.17, 15) is 13.2 Å². The summed E-state index contributed by atoms with van der Waals surface area (Å²) in [4.78, 5) is 2.76. The molecule has 0 unspecified atom stereocenters. The summed E-state index contributed by atoms with van der Waals surface area (Å²) >= 11 is 1.27. The molecule has 144 valence electrons. The molecular weight excluding hydrogens is 375 g/mol. The SMILES string of the molecule is C=CS/C(=C\C)c1cc(C(F)(F)F)nn1-c1ccccc1N1CCOCC1. The van der Waals surface area contributed by atoms with Gasteiger partial charge in [0.05, 0.1) is 30.3 Å². The highest BCUT2D eigenvalue weighted by Gasteiger charge is 2.36. The standard InChI is InChI=1S/C19H20F3N3OS/c1-3-17(27-4-2)16-13-18(19(20,21)22)23-25(16)15-8-6-5-7-14(15)24-9-11-26-12-10-24/h3-8,13H,2,9-12H2,1H3/b17-3-. The summed E-state index contributed by atoms with van der Waals surface area (Å²) in [7, 11) is 0. The highest BCUT2D eigenvalue weighted by Crippen LogP contribution is 2.37. The largest absolute Gasteiger partial charge is 0.435 e. The fourth-order valence-electron chi connectivity index (χ4n) is 2.96. The number of nitrogens with zero attached hydrogens (tertiary/aromatic N) is 3. The fourth-order valence-corrected chi connectivity index (χ4v) is 3.54. The third-order valence-electron chi connectivity index (χ3n) is 4.19. The molecule has 0 aliphatic carbocycles. The van der Waals surface area contributed by atoms with Gasteiger partial charge in [-0.1, -0.05) is 36.5 Å². The zero-order valence-electron chi connectivity index (χ0n) is 14.9. The third-order valence-corrected chi connectivity index (χ3v) is 5.05. The minimum atomic E-state index is -4.52. The number of benzene rings is 1. The maximum atomic E-state index is 13.4. The molecule has 2 heterocycles. The van der Waals surface area contributed by atoms with E-state index in [0.29, 0.717) is 42.6 Å². The zero-order valence-corrected chi connectivity index (χ0v) is 15.7. The second kappa shape index (κ2) is 8.22. The van der Waals surface area contributed by atoms with Gasteiger partial charge < -0.3 is 9.64 Å². The summed E-state index contributed by atoms with van der Waals surface area (Å²) in [5.74, 6) is 0. The van der Waals surface area contributed by atoms with Crippen molar-refractivity contribution in [3.8, 4) is 5.69 Å². The van der Waals surface area contributed by atoms with Crippen molar-refractivity contribution in [1.29, 1.82) is 0 Å². The van der Waals surface area contributed by atoms with Crippen LogP contribution in [0.3, 0.4) is 0 Å². The van der Waals surface area contributed by atoms with E-state index < -0.39 is 11.9 Å². The summed E-state index contributed by atoms with van der Waals surface area (Å²) in [6.45, 7) is 7.98. The van der Waals surface area contributed by atoms with E-state index >= 15 is 0 Å². The molecule has 1 saturated heterocycles. The average Bonchev–Trinajstić information content (AvgIpc) is 3.12. The van der Waals surface area contributed by atoms with E-state index in [0.717, 1.165) is 11.8 Å². The number of para-hydroxylation sites is 2. The molecule has 27 heavy (non-hydrogen) atoms. The van der Waals surface area contributed by atoms with Crippen molar-refractivity contribution in [3.05, 3.63) is 59.8 Å². The van der Waals surface area contributed by atoms with Crippen molar-refractivity contribution in [2.24, 2.45) is 0 Å². The van der Waals surface area contributed by atoms with Crippen LogP contribution in [0.15, 0.2) is 48.4 Å². The lowest BCUT2D eigenvalue weighted by Gasteiger charge is -2.30. The number of aromatic nitrogens is 2. The van der Waals surface area contributed by atoms with Gasteiger partial charge in [-0.2, -0.15) is 18.3 Å². The molecule has 0 saturated carbocycles. The van der Waals surface area contributed by atoms with Crippen LogP contribution in [-0.4, -0.2) is 36.1 Å². The van der Waals surface area contributed by atoms with Crippen molar-refractivity contribution in [2.75, 3.05) is 31.2 Å². The Kier molecular flexibility index (Phi) is 5.96. The summed E-state index contributed by atoms with van der Waals surface area (Å²) in [6.07, 6.45) is -2.76. The molecule has 1 aromatic carbocycles. The molecule has 1 aliphatic heterocycles. The number of thioether (sulfide) groups is 1. The van der Waals surface area contributed by atoms with Crippen molar-refractivity contribution in [3.63, 3.8) is 0 Å². The van der Waals surface area contributed by atoms with Crippen LogP contribution in [0.2, 0.25) is 0 Å². The molecule has 2 aromatic rings. The van der Waals surface area contributed by atoms with Gasteiger partial charge in [0.2, 0.25) is 0 Å². The Morgan fingerprint density at radius 2 is 1.89 bits per heavy atom. The van der Waals surface area contributed by atoms with Crippen LogP contribution in [0.4, 0.5) is 18.9 Å². The van der Waals surface area contributed by atoms with Crippen molar-refractivity contribution >= 4 is 22.4 Å². The highest BCUT2D eigenvalue weighted by molar-refractivity contribution is 8.10. The molecule has 0 spiro atoms. The molecule has 0 N–H and O–H groups in total. The van der Waals surface area contributed by atoms with Crippen molar-refractivity contribution < 1.29 is 17.9 Å². The lowest BCUT2D eigenvalue weighted by atomic mass is 10.2. The highest BCUT2D eigenvalue weighted by atomic mass is 32.2. The summed E-state index contributed by atoms with van der Waals surface area (Å²) in [5.41, 5.74) is 0.903. The van der Waals surface area contributed by atoms with Crippen molar-refractivity contribution in [2.45, 2.75) is 13.1 Å². The summed E-state index contributed by atoms with van der Waals surface area (Å²) < 4.78 is 46.8. The topological polar surface area (TPSA) is 30.3 Å². The lowest BCUT2D eigenvalue weighted by molar-refractivity contribution is -0.141. The average molecular weight is 395 g/mol. The molecule has 3 rings (SSSR count). The van der Waals surface area contributed by atoms with E-state index in [4.69, 9.17) is 4.74 Å². The first kappa shape index (κ1) is 19.6. The molecule has 0 radical (unpaired) electrons. The maximum Gasteiger partial charge on any atom is 0.435 e. The number of rotatable bonds is 5. The van der Waals surface area contributed by atoms with Gasteiger partial charge in [0.25, 0.3) is 0 Å². The van der Waals surface area contributed by atoms with Crippen LogP contribution in [-0.2, 0) is 10.9 Å². The first-order chi connectivity index (χ1) is 13.0. The summed E-state index contributed by atoms with van der Waals surface area (Å²) in [6, 6.07) is 8.44. The van der Waals surface area contributed by atoms with Crippen LogP contribution in [0.5, 0.6) is 0 Å². The Morgan fingerprint density at radius 3 is 2.48 bits per heavy atom. The number of hydrogen-bond donors (Lipinski definition) is 0. The molecule has 1 aliphatic rings. The first-order valence-electron chi connectivity index (χ1n) is 8.49. The molecule has 0 amide bonds. The number of halogens is 3. The number of alkyl halides is 3. The first-order valence-corrected chi connectivity index (χ1v) is 9.37. The van der Waals surface area contributed by atoms with Crippen LogP contribution < -0.4 is 4.90 Å². The number of allylic oxidation sites excluding steroid dienone is 1. The lowest BCUT2D eigenvalue weighted by Crippen LogP contribution is -2.36. The minimum Gasteiger partial charge on any atom is -0.378 e. The Morgan fingerprint density at radius 1 is 1.22 bits per heavy atom. The fraction of sp³-hybridized carbons (Fsp3) is 0.316. The van der Waals surface area contributed by atoms with Gasteiger partial charge in [0.1, 0.15) is 0 Å². The molecule has 1 aromatic heterocycles. The van der Waals surface area contributed by atoms with E-state index in [1.165, 1.54) is 16.4 Å². The van der Waals surface area contributed by atoms with Gasteiger partial charge >= 0.3 is 6.18 Å². The van der Waals surface area contributed by atoms with Gasteiger partial charge in [-0.05, 0) is 30.5 Å². The third kappa shape index (κ3) is 4.22. The van der Waals surface area contributed by atoms with E-state index in [-0.39, 0.29) is 0 Å². The van der Waals surface area contributed by atoms with Crippen LogP contribution in [0.25, 0.3) is 10.6 Å². The molecule has 0 bridgehead atoms. The van der Waals surface area contributed by atoms with E-state index in [1.807, 2.05) is 12.1 Å². The normalized spacial score (nSPS) is 15.9. The number of hydrogen-bond acceptors (Lipinski definition) is 4. The van der Waals surface area contributed by atoms with E-state index in [2.05, 4.69) is 16.6 Å². The molecule has 0 atom stereocenters. The monoisotopic (exact) mass is 395 g/mol. The molecule has 8 heteroatoms. The quantitative estimate of drug-likeness (QED) is 0.716. The molecular formula is C19H20F3N3OS. The smallest absolute Gasteiger partial charge is 0.378 e.